The van der Waals surface area contributed by atoms with Crippen LogP contribution in [0.25, 0.3) is 0 Å². The van der Waals surface area contributed by atoms with Gasteiger partial charge >= 0.3 is 0 Å². The lowest BCUT2D eigenvalue weighted by Gasteiger charge is -2.34. The molecule has 0 radical (unpaired) electrons. The summed E-state index contributed by atoms with van der Waals surface area (Å²) in [4.78, 5) is 0.788. The molecule has 2 atom stereocenters. The molecule has 2 aromatic carbocycles. The number of anilines is 1. The van der Waals surface area contributed by atoms with Gasteiger partial charge in [-0.3, -0.25) is 0 Å². The lowest BCUT2D eigenvalue weighted by Crippen LogP contribution is -2.35. The number of hydrogen-bond acceptors (Lipinski definition) is 3. The van der Waals surface area contributed by atoms with Crippen LogP contribution in [0.4, 0.5) is 5.69 Å². The summed E-state index contributed by atoms with van der Waals surface area (Å²) in [6, 6.07) is 9.98. The van der Waals surface area contributed by atoms with E-state index >= 15 is 0 Å². The molecule has 2 unspecified atom stereocenters. The van der Waals surface area contributed by atoms with E-state index in [1.165, 1.54) is 0 Å². The summed E-state index contributed by atoms with van der Waals surface area (Å²) < 4.78 is 6.36. The third-order valence-electron chi connectivity index (χ3n) is 5.21. The second-order valence-electron chi connectivity index (χ2n) is 6.99. The average molecular weight is 356 g/mol. The first-order valence-corrected chi connectivity index (χ1v) is 9.12. The van der Waals surface area contributed by atoms with Crippen LogP contribution < -0.4 is 10.1 Å². The molecule has 132 valence electrons. The highest BCUT2D eigenvalue weighted by Crippen LogP contribution is 2.42. The first-order valence-electron chi connectivity index (χ1n) is 8.71. The molecular weight excluding hydrogens is 330 g/mol. The van der Waals surface area contributed by atoms with Crippen LogP contribution in [0.15, 0.2) is 30.3 Å². The topological polar surface area (TPSA) is 41.5 Å². The molecule has 3 rings (SSSR count). The average Bonchev–Trinajstić information content (AvgIpc) is 2.60. The van der Waals surface area contributed by atoms with Gasteiger partial charge < -0.3 is 15.2 Å². The summed E-state index contributed by atoms with van der Waals surface area (Å²) in [7, 11) is 0. The minimum Gasteiger partial charge on any atom is -0.507 e. The molecule has 0 bridgehead atoms. The first-order chi connectivity index (χ1) is 11.9. The quantitative estimate of drug-likeness (QED) is 0.753. The first kappa shape index (κ1) is 17.7. The SMILES string of the molecule is Cc1c(C)c2c(c(C)c1O)CC(C)C(CC(=S)Nc1ccccc1)O2. The van der Waals surface area contributed by atoms with Crippen molar-refractivity contribution >= 4 is 22.9 Å². The van der Waals surface area contributed by atoms with Crippen molar-refractivity contribution in [1.82, 2.24) is 0 Å². The normalized spacial score (nSPS) is 19.0. The molecule has 1 aliphatic heterocycles. The molecule has 0 saturated heterocycles. The van der Waals surface area contributed by atoms with Crippen LogP contribution in [-0.2, 0) is 6.42 Å². The molecule has 1 heterocycles. The maximum absolute atomic E-state index is 10.3. The molecule has 0 spiro atoms. The number of nitrogens with one attached hydrogen (secondary N) is 1. The Morgan fingerprint density at radius 2 is 1.84 bits per heavy atom. The minimum atomic E-state index is 0.0401. The van der Waals surface area contributed by atoms with Crippen LogP contribution in [0.3, 0.4) is 0 Å². The number of aromatic hydroxyl groups is 1. The summed E-state index contributed by atoms with van der Waals surface area (Å²) >= 11 is 5.54. The number of thiocarbonyl (C=S) groups is 1. The van der Waals surface area contributed by atoms with Crippen LogP contribution in [0.2, 0.25) is 0 Å². The van der Waals surface area contributed by atoms with Gasteiger partial charge in [0.25, 0.3) is 0 Å². The molecule has 0 aromatic heterocycles. The molecule has 25 heavy (non-hydrogen) atoms. The molecule has 3 nitrogen and oxygen atoms in total. The van der Waals surface area contributed by atoms with E-state index in [2.05, 4.69) is 12.2 Å². The van der Waals surface area contributed by atoms with Gasteiger partial charge in [0.15, 0.2) is 0 Å². The molecule has 0 saturated carbocycles. The highest BCUT2D eigenvalue weighted by Gasteiger charge is 2.31. The summed E-state index contributed by atoms with van der Waals surface area (Å²) in [5.41, 5.74) is 5.00. The highest BCUT2D eigenvalue weighted by molar-refractivity contribution is 7.80. The highest BCUT2D eigenvalue weighted by atomic mass is 32.1. The zero-order valence-electron chi connectivity index (χ0n) is 15.2. The Bertz CT molecular complexity index is 802. The second kappa shape index (κ2) is 7.04. The Morgan fingerprint density at radius 3 is 2.52 bits per heavy atom. The predicted octanol–water partition coefficient (Wildman–Crippen LogP) is 5.09. The number of phenolic OH excluding ortho intramolecular Hbond substituents is 1. The van der Waals surface area contributed by atoms with Crippen molar-refractivity contribution in [3.63, 3.8) is 0 Å². The summed E-state index contributed by atoms with van der Waals surface area (Å²) in [5.74, 6) is 1.66. The van der Waals surface area contributed by atoms with Crippen molar-refractivity contribution in [3.8, 4) is 11.5 Å². The number of rotatable bonds is 3. The van der Waals surface area contributed by atoms with Crippen LogP contribution in [-0.4, -0.2) is 16.2 Å². The van der Waals surface area contributed by atoms with Gasteiger partial charge in [0, 0.05) is 17.7 Å². The zero-order chi connectivity index (χ0) is 18.1. The molecule has 2 aromatic rings. The molecular formula is C21H25NO2S. The molecule has 4 heteroatoms. The van der Waals surface area contributed by atoms with Crippen molar-refractivity contribution in [2.24, 2.45) is 5.92 Å². The van der Waals surface area contributed by atoms with Gasteiger partial charge in [0.05, 0.1) is 4.99 Å². The van der Waals surface area contributed by atoms with Crippen LogP contribution in [0.5, 0.6) is 11.5 Å². The van der Waals surface area contributed by atoms with Gasteiger partial charge in [-0.25, -0.2) is 0 Å². The second-order valence-corrected chi connectivity index (χ2v) is 7.48. The maximum Gasteiger partial charge on any atom is 0.126 e. The predicted molar refractivity (Wildman–Crippen MR) is 107 cm³/mol. The third-order valence-corrected chi connectivity index (χ3v) is 5.48. The fourth-order valence-electron chi connectivity index (χ4n) is 3.45. The van der Waals surface area contributed by atoms with Gasteiger partial charge in [0.1, 0.15) is 17.6 Å². The largest absolute Gasteiger partial charge is 0.507 e. The smallest absolute Gasteiger partial charge is 0.126 e. The molecule has 0 aliphatic carbocycles. The van der Waals surface area contributed by atoms with E-state index in [9.17, 15) is 5.11 Å². The number of benzene rings is 2. The summed E-state index contributed by atoms with van der Waals surface area (Å²) in [6.45, 7) is 8.11. The van der Waals surface area contributed by atoms with Gasteiger partial charge in [-0.05, 0) is 61.9 Å². The minimum absolute atomic E-state index is 0.0401. The van der Waals surface area contributed by atoms with Crippen LogP contribution in [0.1, 0.15) is 35.6 Å². The van der Waals surface area contributed by atoms with Crippen molar-refractivity contribution in [2.45, 2.75) is 46.6 Å². The summed E-state index contributed by atoms with van der Waals surface area (Å²) in [6.07, 6.45) is 1.62. The molecule has 0 fully saturated rings. The van der Waals surface area contributed by atoms with Gasteiger partial charge in [-0.2, -0.15) is 0 Å². The number of para-hydroxylation sites is 1. The number of hydrogen-bond donors (Lipinski definition) is 2. The molecule has 1 aliphatic rings. The van der Waals surface area contributed by atoms with E-state index in [0.717, 1.165) is 45.1 Å². The van der Waals surface area contributed by atoms with Crippen LogP contribution in [0, 0.1) is 26.7 Å². The van der Waals surface area contributed by atoms with E-state index in [1.807, 2.05) is 51.1 Å². The van der Waals surface area contributed by atoms with E-state index in [0.29, 0.717) is 18.1 Å². The Kier molecular flexibility index (Phi) is 5.00. The Balaban J connectivity index is 1.79. The lowest BCUT2D eigenvalue weighted by molar-refractivity contribution is 0.127. The van der Waals surface area contributed by atoms with Gasteiger partial charge in [-0.1, -0.05) is 37.3 Å². The Morgan fingerprint density at radius 1 is 1.16 bits per heavy atom. The summed E-state index contributed by atoms with van der Waals surface area (Å²) in [5, 5.41) is 13.6. The van der Waals surface area contributed by atoms with E-state index < -0.39 is 0 Å². The van der Waals surface area contributed by atoms with Gasteiger partial charge in [-0.15, -0.1) is 0 Å². The zero-order valence-corrected chi connectivity index (χ0v) is 16.0. The van der Waals surface area contributed by atoms with E-state index in [-0.39, 0.29) is 6.10 Å². The van der Waals surface area contributed by atoms with Crippen molar-refractivity contribution in [3.05, 3.63) is 52.6 Å². The maximum atomic E-state index is 10.3. The van der Waals surface area contributed by atoms with Crippen molar-refractivity contribution in [2.75, 3.05) is 5.32 Å². The van der Waals surface area contributed by atoms with Crippen molar-refractivity contribution in [1.29, 1.82) is 0 Å². The van der Waals surface area contributed by atoms with E-state index in [1.54, 1.807) is 0 Å². The fraction of sp³-hybridized carbons (Fsp3) is 0.381. The monoisotopic (exact) mass is 355 g/mol. The number of ether oxygens (including phenoxy) is 1. The van der Waals surface area contributed by atoms with Crippen LogP contribution >= 0.6 is 12.2 Å². The molecule has 2 N–H and O–H groups in total. The van der Waals surface area contributed by atoms with Crippen molar-refractivity contribution < 1.29 is 9.84 Å². The Hall–Kier alpha value is -2.07. The number of fused-ring (bicyclic) bond motifs is 1. The third kappa shape index (κ3) is 3.49. The van der Waals surface area contributed by atoms with Gasteiger partial charge in [0.2, 0.25) is 0 Å². The lowest BCUT2D eigenvalue weighted by atomic mass is 9.85. The standard InChI is InChI=1S/C21H25NO2S/c1-12-10-17-15(4)20(23)13(2)14(3)21(17)24-18(12)11-19(25)22-16-8-6-5-7-9-16/h5-9,12,18,23H,10-11H2,1-4H3,(H,22,25). The molecule has 0 amide bonds. The van der Waals surface area contributed by atoms with E-state index in [4.69, 9.17) is 17.0 Å². The Labute approximate surface area is 155 Å². The fourth-order valence-corrected chi connectivity index (χ4v) is 3.74. The number of phenols is 1.